The number of nitrogens with one attached hydrogen (secondary N) is 2. The monoisotopic (exact) mass is 286 g/mol. The van der Waals surface area contributed by atoms with Crippen molar-refractivity contribution in [2.24, 2.45) is 0 Å². The SMILES string of the molecule is Cc1[nH]c2ccc(C(=O)NC3(C)CCCOC3)cc2c1C. The number of carbonyl (C=O) groups is 1. The minimum absolute atomic E-state index is 0.0249. The Morgan fingerprint density at radius 2 is 2.19 bits per heavy atom. The summed E-state index contributed by atoms with van der Waals surface area (Å²) in [6, 6.07) is 5.82. The van der Waals surface area contributed by atoms with E-state index < -0.39 is 0 Å². The summed E-state index contributed by atoms with van der Waals surface area (Å²) in [5.41, 5.74) is 3.88. The molecule has 1 amide bonds. The van der Waals surface area contributed by atoms with Crippen molar-refractivity contribution in [1.82, 2.24) is 10.3 Å². The summed E-state index contributed by atoms with van der Waals surface area (Å²) < 4.78 is 5.49. The molecule has 1 aliphatic rings. The molecule has 2 N–H and O–H groups in total. The zero-order valence-corrected chi connectivity index (χ0v) is 12.9. The number of rotatable bonds is 2. The highest BCUT2D eigenvalue weighted by Crippen LogP contribution is 2.23. The third kappa shape index (κ3) is 2.68. The molecule has 1 aromatic carbocycles. The fourth-order valence-corrected chi connectivity index (χ4v) is 2.98. The lowest BCUT2D eigenvalue weighted by Crippen LogP contribution is -2.51. The van der Waals surface area contributed by atoms with Crippen LogP contribution in [-0.4, -0.2) is 29.6 Å². The van der Waals surface area contributed by atoms with E-state index in [1.807, 2.05) is 25.1 Å². The summed E-state index contributed by atoms with van der Waals surface area (Å²) in [6.45, 7) is 7.55. The van der Waals surface area contributed by atoms with Gasteiger partial charge >= 0.3 is 0 Å². The van der Waals surface area contributed by atoms with E-state index in [4.69, 9.17) is 4.74 Å². The van der Waals surface area contributed by atoms with Crippen LogP contribution in [0.3, 0.4) is 0 Å². The Balaban J connectivity index is 1.85. The predicted octanol–water partition coefficient (Wildman–Crippen LogP) is 3.08. The van der Waals surface area contributed by atoms with Crippen LogP contribution in [0.4, 0.5) is 0 Å². The van der Waals surface area contributed by atoms with Gasteiger partial charge in [-0.2, -0.15) is 0 Å². The van der Waals surface area contributed by atoms with E-state index in [1.165, 1.54) is 5.56 Å². The average Bonchev–Trinajstić information content (AvgIpc) is 2.74. The molecule has 0 bridgehead atoms. The van der Waals surface area contributed by atoms with Crippen LogP contribution in [0.25, 0.3) is 10.9 Å². The van der Waals surface area contributed by atoms with Gasteiger partial charge in [-0.05, 0) is 57.4 Å². The van der Waals surface area contributed by atoms with Crippen molar-refractivity contribution in [1.29, 1.82) is 0 Å². The third-order valence-electron chi connectivity index (χ3n) is 4.42. The first kappa shape index (κ1) is 14.1. The second kappa shape index (κ2) is 5.19. The lowest BCUT2D eigenvalue weighted by Gasteiger charge is -2.34. The highest BCUT2D eigenvalue weighted by Gasteiger charge is 2.29. The van der Waals surface area contributed by atoms with Gasteiger partial charge in [0.1, 0.15) is 0 Å². The van der Waals surface area contributed by atoms with E-state index in [2.05, 4.69) is 24.1 Å². The van der Waals surface area contributed by atoms with E-state index in [-0.39, 0.29) is 11.4 Å². The van der Waals surface area contributed by atoms with Crippen molar-refractivity contribution >= 4 is 16.8 Å². The Bertz CT molecular complexity index is 681. The maximum Gasteiger partial charge on any atom is 0.251 e. The molecule has 1 aliphatic heterocycles. The quantitative estimate of drug-likeness (QED) is 0.891. The van der Waals surface area contributed by atoms with Crippen LogP contribution in [0.15, 0.2) is 18.2 Å². The summed E-state index contributed by atoms with van der Waals surface area (Å²) in [4.78, 5) is 15.8. The van der Waals surface area contributed by atoms with Crippen molar-refractivity contribution in [2.45, 2.75) is 39.2 Å². The van der Waals surface area contributed by atoms with Gasteiger partial charge in [-0.15, -0.1) is 0 Å². The highest BCUT2D eigenvalue weighted by atomic mass is 16.5. The van der Waals surface area contributed by atoms with E-state index >= 15 is 0 Å². The molecule has 1 aromatic heterocycles. The number of hydrogen-bond donors (Lipinski definition) is 2. The number of benzene rings is 1. The highest BCUT2D eigenvalue weighted by molar-refractivity contribution is 5.99. The first-order valence-corrected chi connectivity index (χ1v) is 7.48. The summed E-state index contributed by atoms with van der Waals surface area (Å²) in [5.74, 6) is -0.0249. The number of ether oxygens (including phenoxy) is 1. The lowest BCUT2D eigenvalue weighted by atomic mass is 9.94. The molecule has 4 nitrogen and oxygen atoms in total. The zero-order valence-electron chi connectivity index (χ0n) is 12.9. The van der Waals surface area contributed by atoms with Gasteiger partial charge in [0.25, 0.3) is 5.91 Å². The van der Waals surface area contributed by atoms with Crippen LogP contribution in [0.1, 0.15) is 41.4 Å². The molecule has 21 heavy (non-hydrogen) atoms. The summed E-state index contributed by atoms with van der Waals surface area (Å²) in [5, 5.41) is 4.24. The Morgan fingerprint density at radius 1 is 1.38 bits per heavy atom. The molecule has 0 saturated carbocycles. The maximum absolute atomic E-state index is 12.5. The van der Waals surface area contributed by atoms with Crippen molar-refractivity contribution in [3.63, 3.8) is 0 Å². The second-order valence-corrected chi connectivity index (χ2v) is 6.31. The largest absolute Gasteiger partial charge is 0.379 e. The lowest BCUT2D eigenvalue weighted by molar-refractivity contribution is 0.0272. The van der Waals surface area contributed by atoms with Crippen LogP contribution in [-0.2, 0) is 4.74 Å². The van der Waals surface area contributed by atoms with Crippen LogP contribution < -0.4 is 5.32 Å². The number of H-pyrrole nitrogens is 1. The van der Waals surface area contributed by atoms with Gasteiger partial charge in [0.2, 0.25) is 0 Å². The third-order valence-corrected chi connectivity index (χ3v) is 4.42. The zero-order chi connectivity index (χ0) is 15.0. The molecule has 4 heteroatoms. The normalized spacial score (nSPS) is 22.4. The second-order valence-electron chi connectivity index (χ2n) is 6.31. The molecule has 2 aromatic rings. The number of hydrogen-bond acceptors (Lipinski definition) is 2. The topological polar surface area (TPSA) is 54.1 Å². The van der Waals surface area contributed by atoms with E-state index in [0.29, 0.717) is 12.2 Å². The molecule has 0 aliphatic carbocycles. The Kier molecular flexibility index (Phi) is 3.49. The Hall–Kier alpha value is -1.81. The standard InChI is InChI=1S/C17H22N2O2/c1-11-12(2)18-15-6-5-13(9-14(11)15)16(20)19-17(3)7-4-8-21-10-17/h5-6,9,18H,4,7-8,10H2,1-3H3,(H,19,20). The first-order chi connectivity index (χ1) is 9.98. The van der Waals surface area contributed by atoms with Crippen LogP contribution in [0.2, 0.25) is 0 Å². The molecule has 1 unspecified atom stereocenters. The van der Waals surface area contributed by atoms with Crippen LogP contribution in [0.5, 0.6) is 0 Å². The molecular formula is C17H22N2O2. The van der Waals surface area contributed by atoms with E-state index in [0.717, 1.165) is 36.0 Å². The molecule has 3 rings (SSSR count). The summed E-state index contributed by atoms with van der Waals surface area (Å²) in [6.07, 6.45) is 1.95. The Labute approximate surface area is 124 Å². The number of aromatic nitrogens is 1. The van der Waals surface area contributed by atoms with Gasteiger partial charge in [0.15, 0.2) is 0 Å². The first-order valence-electron chi connectivity index (χ1n) is 7.48. The van der Waals surface area contributed by atoms with Gasteiger partial charge in [-0.1, -0.05) is 0 Å². The molecule has 1 saturated heterocycles. The van der Waals surface area contributed by atoms with Gasteiger partial charge in [0.05, 0.1) is 12.1 Å². The van der Waals surface area contributed by atoms with Crippen molar-refractivity contribution in [3.8, 4) is 0 Å². The van der Waals surface area contributed by atoms with E-state index in [9.17, 15) is 4.79 Å². The smallest absolute Gasteiger partial charge is 0.251 e. The number of aromatic amines is 1. The van der Waals surface area contributed by atoms with Gasteiger partial charge < -0.3 is 15.0 Å². The number of amides is 1. The molecule has 0 radical (unpaired) electrons. The number of aryl methyl sites for hydroxylation is 2. The molecule has 2 heterocycles. The molecular weight excluding hydrogens is 264 g/mol. The van der Waals surface area contributed by atoms with Crippen LogP contribution >= 0.6 is 0 Å². The van der Waals surface area contributed by atoms with E-state index in [1.54, 1.807) is 0 Å². The molecule has 1 fully saturated rings. The molecule has 1 atom stereocenters. The average molecular weight is 286 g/mol. The fraction of sp³-hybridized carbons (Fsp3) is 0.471. The summed E-state index contributed by atoms with van der Waals surface area (Å²) in [7, 11) is 0. The predicted molar refractivity (Wildman–Crippen MR) is 83.7 cm³/mol. The maximum atomic E-state index is 12.5. The van der Waals surface area contributed by atoms with Crippen LogP contribution in [0, 0.1) is 13.8 Å². The minimum Gasteiger partial charge on any atom is -0.379 e. The van der Waals surface area contributed by atoms with Crippen molar-refractivity contribution in [2.75, 3.05) is 13.2 Å². The molecule has 0 spiro atoms. The molecule has 112 valence electrons. The van der Waals surface area contributed by atoms with Gasteiger partial charge in [-0.3, -0.25) is 4.79 Å². The van der Waals surface area contributed by atoms with Gasteiger partial charge in [-0.25, -0.2) is 0 Å². The van der Waals surface area contributed by atoms with Crippen molar-refractivity contribution < 1.29 is 9.53 Å². The number of carbonyl (C=O) groups excluding carboxylic acids is 1. The summed E-state index contributed by atoms with van der Waals surface area (Å²) >= 11 is 0. The minimum atomic E-state index is -0.257. The fourth-order valence-electron chi connectivity index (χ4n) is 2.98. The van der Waals surface area contributed by atoms with Gasteiger partial charge in [0, 0.05) is 28.8 Å². The Morgan fingerprint density at radius 3 is 2.90 bits per heavy atom. The van der Waals surface area contributed by atoms with Crippen molar-refractivity contribution in [3.05, 3.63) is 35.0 Å². The number of fused-ring (bicyclic) bond motifs is 1.